The lowest BCUT2D eigenvalue weighted by Crippen LogP contribution is -2.37. The first-order chi connectivity index (χ1) is 29.0. The van der Waals surface area contributed by atoms with E-state index in [1.54, 1.807) is 0 Å². The van der Waals surface area contributed by atoms with Crippen LogP contribution in [-0.4, -0.2) is 74.9 Å². The third-order valence-electron chi connectivity index (χ3n) is 9.44. The molecule has 0 saturated carbocycles. The van der Waals surface area contributed by atoms with E-state index in [4.69, 9.17) is 18.5 Å². The Bertz CT molecular complexity index is 1290. The fraction of sp³-hybridized carbons (Fsp3) is 0.680. The van der Waals surface area contributed by atoms with Crippen LogP contribution in [-0.2, 0) is 32.7 Å². The van der Waals surface area contributed by atoms with Gasteiger partial charge in [0.25, 0.3) is 0 Å². The van der Waals surface area contributed by atoms with Crippen LogP contribution in [0.2, 0.25) is 0 Å². The largest absolute Gasteiger partial charge is 0.472 e. The molecule has 0 rings (SSSR count). The zero-order chi connectivity index (χ0) is 44.3. The maximum absolute atomic E-state index is 12.7. The average Bonchev–Trinajstić information content (AvgIpc) is 3.20. The fourth-order valence-corrected chi connectivity index (χ4v) is 6.56. The van der Waals surface area contributed by atoms with Gasteiger partial charge in [0.05, 0.1) is 27.7 Å². The van der Waals surface area contributed by atoms with E-state index in [1.807, 2.05) is 21.1 Å². The van der Waals surface area contributed by atoms with Crippen LogP contribution < -0.4 is 0 Å². The lowest BCUT2D eigenvalue weighted by atomic mass is 10.1. The molecule has 60 heavy (non-hydrogen) atoms. The number of esters is 2. The number of ether oxygens (including phenoxy) is 2. The quantitative estimate of drug-likeness (QED) is 0.0213. The predicted octanol–water partition coefficient (Wildman–Crippen LogP) is 13.6. The Hall–Kier alpha value is -2.81. The third kappa shape index (κ3) is 44.7. The van der Waals surface area contributed by atoms with E-state index in [2.05, 4.69) is 98.9 Å². The van der Waals surface area contributed by atoms with Gasteiger partial charge in [-0.1, -0.05) is 170 Å². The van der Waals surface area contributed by atoms with Crippen molar-refractivity contribution in [1.82, 2.24) is 0 Å². The number of rotatable bonds is 41. The molecule has 0 fully saturated rings. The van der Waals surface area contributed by atoms with E-state index < -0.39 is 26.5 Å². The highest BCUT2D eigenvalue weighted by Crippen LogP contribution is 2.43. The maximum atomic E-state index is 12.7. The second kappa shape index (κ2) is 41.5. The normalized spacial score (nSPS) is 14.3. The van der Waals surface area contributed by atoms with Crippen LogP contribution in [0.15, 0.2) is 85.1 Å². The number of nitrogens with zero attached hydrogens (tertiary/aromatic N) is 1. The number of unbranched alkanes of at least 4 members (excludes halogenated alkanes) is 13. The standard InChI is InChI=1S/C50H86NO8P/c1-6-8-10-12-14-16-17-18-19-20-21-22-23-24-25-26-27-28-29-30-31-32-33-35-37-39-41-43-50(53)59-48(47-58-60(54,55)57-45-44-51(3,4)5)46-56-49(52)42-40-38-36-34-15-13-11-9-7-2/h8,10,14,16,18-19,21-22,24-25,27-28,30-31,48H,6-7,9,11-13,15,17,20,23,26,29,32-47H2,1-5H3/p+1/b10-8-,16-14-,19-18-,22-21-,25-24-,28-27-,31-30-. The van der Waals surface area contributed by atoms with Crippen molar-refractivity contribution in [3.63, 3.8) is 0 Å². The van der Waals surface area contributed by atoms with Gasteiger partial charge in [0.1, 0.15) is 19.8 Å². The Kier molecular flexibility index (Phi) is 39.6. The van der Waals surface area contributed by atoms with Crippen molar-refractivity contribution in [2.75, 3.05) is 47.5 Å². The number of phosphoric ester groups is 1. The van der Waals surface area contributed by atoms with E-state index in [9.17, 15) is 19.0 Å². The van der Waals surface area contributed by atoms with Crippen LogP contribution in [0.5, 0.6) is 0 Å². The van der Waals surface area contributed by atoms with Crippen LogP contribution in [0, 0.1) is 0 Å². The van der Waals surface area contributed by atoms with Gasteiger partial charge in [0.2, 0.25) is 0 Å². The molecule has 2 atom stereocenters. The van der Waals surface area contributed by atoms with Crippen molar-refractivity contribution in [3.8, 4) is 0 Å². The molecule has 0 spiro atoms. The SMILES string of the molecule is CC/C=C\C/C=C\C/C=C\C/C=C\C/C=C\C/C=C\C/C=C\CCCCCCCC(=O)OC(COC(=O)CCCCCCCCCCC)COP(=O)(O)OCC[N+](C)(C)C. The molecular weight excluding hydrogens is 774 g/mol. The monoisotopic (exact) mass is 861 g/mol. The Morgan fingerprint density at radius 2 is 0.950 bits per heavy atom. The minimum Gasteiger partial charge on any atom is -0.462 e. The number of quaternary nitrogens is 1. The summed E-state index contributed by atoms with van der Waals surface area (Å²) in [6.45, 7) is 4.24. The number of allylic oxidation sites excluding steroid dienone is 14. The zero-order valence-corrected chi connectivity index (χ0v) is 39.6. The second-order valence-corrected chi connectivity index (χ2v) is 17.9. The van der Waals surface area contributed by atoms with Crippen molar-refractivity contribution in [3.05, 3.63) is 85.1 Å². The Morgan fingerprint density at radius 3 is 1.42 bits per heavy atom. The Labute approximate surface area is 367 Å². The van der Waals surface area contributed by atoms with Gasteiger partial charge in [-0.15, -0.1) is 0 Å². The highest BCUT2D eigenvalue weighted by atomic mass is 31.2. The lowest BCUT2D eigenvalue weighted by molar-refractivity contribution is -0.870. The van der Waals surface area contributed by atoms with Gasteiger partial charge in [-0.25, -0.2) is 4.57 Å². The average molecular weight is 861 g/mol. The van der Waals surface area contributed by atoms with Crippen LogP contribution in [0.3, 0.4) is 0 Å². The number of hydrogen-bond acceptors (Lipinski definition) is 7. The fourth-order valence-electron chi connectivity index (χ4n) is 5.82. The minimum absolute atomic E-state index is 0.0239. The highest BCUT2D eigenvalue weighted by molar-refractivity contribution is 7.47. The van der Waals surface area contributed by atoms with Gasteiger partial charge in [-0.2, -0.15) is 0 Å². The van der Waals surface area contributed by atoms with Crippen molar-refractivity contribution in [1.29, 1.82) is 0 Å². The first kappa shape index (κ1) is 57.2. The molecule has 9 nitrogen and oxygen atoms in total. The molecule has 10 heteroatoms. The van der Waals surface area contributed by atoms with Crippen molar-refractivity contribution >= 4 is 19.8 Å². The molecule has 1 N–H and O–H groups in total. The van der Waals surface area contributed by atoms with Crippen LogP contribution in [0.1, 0.15) is 168 Å². The summed E-state index contributed by atoms with van der Waals surface area (Å²) >= 11 is 0. The van der Waals surface area contributed by atoms with Gasteiger partial charge in [-0.3, -0.25) is 18.6 Å². The number of hydrogen-bond donors (Lipinski definition) is 1. The Morgan fingerprint density at radius 1 is 0.533 bits per heavy atom. The van der Waals surface area contributed by atoms with Gasteiger partial charge in [0, 0.05) is 12.8 Å². The first-order valence-corrected chi connectivity index (χ1v) is 24.8. The smallest absolute Gasteiger partial charge is 0.462 e. The summed E-state index contributed by atoms with van der Waals surface area (Å²) in [4.78, 5) is 35.3. The molecule has 0 heterocycles. The third-order valence-corrected chi connectivity index (χ3v) is 10.4. The summed E-state index contributed by atoms with van der Waals surface area (Å²) in [6, 6.07) is 0. The summed E-state index contributed by atoms with van der Waals surface area (Å²) in [7, 11) is 1.45. The van der Waals surface area contributed by atoms with E-state index in [-0.39, 0.29) is 32.0 Å². The van der Waals surface area contributed by atoms with E-state index >= 15 is 0 Å². The van der Waals surface area contributed by atoms with Gasteiger partial charge >= 0.3 is 19.8 Å². The number of likely N-dealkylation sites (N-methyl/N-ethyl adjacent to an activating group) is 1. The summed E-state index contributed by atoms with van der Waals surface area (Å²) in [5, 5.41) is 0. The molecule has 344 valence electrons. The number of phosphoric acid groups is 1. The zero-order valence-electron chi connectivity index (χ0n) is 38.7. The molecule has 0 saturated heterocycles. The second-order valence-electron chi connectivity index (χ2n) is 16.4. The van der Waals surface area contributed by atoms with Crippen molar-refractivity contribution < 1.29 is 42.1 Å². The Balaban J connectivity index is 4.28. The summed E-state index contributed by atoms with van der Waals surface area (Å²) in [5.74, 6) is -0.830. The lowest BCUT2D eigenvalue weighted by Gasteiger charge is -2.24. The molecule has 2 unspecified atom stereocenters. The van der Waals surface area contributed by atoms with Crippen LogP contribution >= 0.6 is 7.82 Å². The molecule has 0 aromatic carbocycles. The van der Waals surface area contributed by atoms with E-state index in [1.165, 1.54) is 38.5 Å². The topological polar surface area (TPSA) is 108 Å². The van der Waals surface area contributed by atoms with Gasteiger partial charge in [-0.05, 0) is 70.6 Å². The molecule has 0 aliphatic carbocycles. The van der Waals surface area contributed by atoms with E-state index in [0.717, 1.165) is 96.3 Å². The molecule has 0 amide bonds. The molecule has 0 radical (unpaired) electrons. The van der Waals surface area contributed by atoms with Crippen molar-refractivity contribution in [2.24, 2.45) is 0 Å². The number of carbonyl (C=O) groups is 2. The molecule has 0 aliphatic heterocycles. The summed E-state index contributed by atoms with van der Waals surface area (Å²) in [6.07, 6.45) is 53.6. The van der Waals surface area contributed by atoms with Crippen LogP contribution in [0.25, 0.3) is 0 Å². The molecule has 0 aromatic heterocycles. The van der Waals surface area contributed by atoms with Crippen LogP contribution in [0.4, 0.5) is 0 Å². The summed E-state index contributed by atoms with van der Waals surface area (Å²) in [5.41, 5.74) is 0. The molecule has 0 aromatic rings. The van der Waals surface area contributed by atoms with Crippen molar-refractivity contribution in [2.45, 2.75) is 174 Å². The highest BCUT2D eigenvalue weighted by Gasteiger charge is 2.27. The molecular formula is C50H87NO8P+. The van der Waals surface area contributed by atoms with E-state index in [0.29, 0.717) is 17.4 Å². The van der Waals surface area contributed by atoms with Gasteiger partial charge in [0.15, 0.2) is 6.10 Å². The molecule has 0 aliphatic rings. The summed E-state index contributed by atoms with van der Waals surface area (Å²) < 4.78 is 34.2. The number of carbonyl (C=O) groups excluding carboxylic acids is 2. The maximum Gasteiger partial charge on any atom is 0.472 e. The minimum atomic E-state index is -4.38. The van der Waals surface area contributed by atoms with Gasteiger partial charge < -0.3 is 18.9 Å². The molecule has 0 bridgehead atoms. The predicted molar refractivity (Wildman–Crippen MR) is 252 cm³/mol. The first-order valence-electron chi connectivity index (χ1n) is 23.3.